The SMILES string of the molecule is CCCCC/C=C\C/C=C\CCCCCCCCOC(=O)CCOCC(CN(C)CCOS(C)(=O)=O)OCCC(=O)OCCCCCCCC/C=C\C/C=C\CCCCC. The third-order valence-corrected chi connectivity index (χ3v) is 10.5. The minimum Gasteiger partial charge on any atom is -0.466 e. The smallest absolute Gasteiger partial charge is 0.308 e. The Morgan fingerprint density at radius 1 is 0.533 bits per heavy atom. The summed E-state index contributed by atoms with van der Waals surface area (Å²) in [7, 11) is -1.70. The molecule has 0 rings (SSSR count). The predicted molar refractivity (Wildman–Crippen MR) is 249 cm³/mol. The maximum atomic E-state index is 12.4. The van der Waals surface area contributed by atoms with Crippen molar-refractivity contribution < 1.29 is 41.1 Å². The summed E-state index contributed by atoms with van der Waals surface area (Å²) in [5, 5.41) is 0. The second-order valence-corrected chi connectivity index (χ2v) is 17.6. The standard InChI is InChI=1S/C49H89NO9S/c1-5-7-9-11-13-15-17-19-21-23-25-27-29-31-33-35-40-57-48(51)37-42-55-46-47(45-50(3)39-44-59-60(4,53)54)56-43-38-49(52)58-41-36-34-32-30-28-26-24-22-20-18-16-14-12-10-8-6-2/h13-16,19-22,47H,5-12,17-18,23-46H2,1-4H3/b15-13-,16-14-,21-19-,22-20-. The number of allylic oxidation sites excluding steroid dienone is 8. The molecule has 0 saturated heterocycles. The molecule has 0 aliphatic heterocycles. The van der Waals surface area contributed by atoms with E-state index in [9.17, 15) is 18.0 Å². The van der Waals surface area contributed by atoms with Crippen LogP contribution < -0.4 is 0 Å². The summed E-state index contributed by atoms with van der Waals surface area (Å²) < 4.78 is 50.1. The van der Waals surface area contributed by atoms with E-state index in [1.54, 1.807) is 0 Å². The molecule has 0 aliphatic carbocycles. The Morgan fingerprint density at radius 3 is 1.40 bits per heavy atom. The van der Waals surface area contributed by atoms with Crippen LogP contribution in [0.4, 0.5) is 0 Å². The molecule has 11 heteroatoms. The lowest BCUT2D eigenvalue weighted by Gasteiger charge is -2.24. The van der Waals surface area contributed by atoms with E-state index in [-0.39, 0.29) is 51.2 Å². The zero-order chi connectivity index (χ0) is 44.0. The van der Waals surface area contributed by atoms with Gasteiger partial charge in [0.1, 0.15) is 0 Å². The van der Waals surface area contributed by atoms with Crippen molar-refractivity contribution in [3.63, 3.8) is 0 Å². The minimum atomic E-state index is -3.53. The molecular weight excluding hydrogens is 779 g/mol. The van der Waals surface area contributed by atoms with Crippen molar-refractivity contribution in [1.29, 1.82) is 0 Å². The van der Waals surface area contributed by atoms with Gasteiger partial charge in [0.05, 0.1) is 64.8 Å². The number of hydrogen-bond donors (Lipinski definition) is 0. The van der Waals surface area contributed by atoms with Gasteiger partial charge < -0.3 is 23.8 Å². The van der Waals surface area contributed by atoms with Crippen LogP contribution in [0.3, 0.4) is 0 Å². The Labute approximate surface area is 368 Å². The zero-order valence-electron chi connectivity index (χ0n) is 38.8. The van der Waals surface area contributed by atoms with Gasteiger partial charge in [-0.15, -0.1) is 0 Å². The van der Waals surface area contributed by atoms with Crippen molar-refractivity contribution in [3.05, 3.63) is 48.6 Å². The largest absolute Gasteiger partial charge is 0.466 e. The van der Waals surface area contributed by atoms with Gasteiger partial charge in [-0.1, -0.05) is 140 Å². The molecule has 0 saturated carbocycles. The molecule has 0 spiro atoms. The Kier molecular flexibility index (Phi) is 43.0. The van der Waals surface area contributed by atoms with Gasteiger partial charge in [0.25, 0.3) is 10.1 Å². The molecule has 1 unspecified atom stereocenters. The number of hydrogen-bond acceptors (Lipinski definition) is 10. The van der Waals surface area contributed by atoms with E-state index in [1.807, 2.05) is 11.9 Å². The fourth-order valence-corrected chi connectivity index (χ4v) is 6.69. The molecule has 10 nitrogen and oxygen atoms in total. The first-order valence-electron chi connectivity index (χ1n) is 23.8. The van der Waals surface area contributed by atoms with Gasteiger partial charge in [-0.3, -0.25) is 13.8 Å². The monoisotopic (exact) mass is 868 g/mol. The first kappa shape index (κ1) is 57.7. The Bertz CT molecular complexity index is 1200. The maximum Gasteiger partial charge on any atom is 0.308 e. The third kappa shape index (κ3) is 46.8. The van der Waals surface area contributed by atoms with Crippen LogP contribution in [0.5, 0.6) is 0 Å². The van der Waals surface area contributed by atoms with E-state index in [0.29, 0.717) is 26.3 Å². The second kappa shape index (κ2) is 44.7. The highest BCUT2D eigenvalue weighted by Gasteiger charge is 2.16. The number of rotatable bonds is 45. The number of carbonyl (C=O) groups is 2. The second-order valence-electron chi connectivity index (χ2n) is 16.0. The van der Waals surface area contributed by atoms with E-state index in [0.717, 1.165) is 70.5 Å². The molecular formula is C49H89NO9S. The highest BCUT2D eigenvalue weighted by molar-refractivity contribution is 7.85. The number of likely N-dealkylation sites (N-methyl/N-ethyl adjacent to an activating group) is 1. The summed E-state index contributed by atoms with van der Waals surface area (Å²) in [6.07, 6.45) is 47.0. The number of unbranched alkanes of at least 4 members (excludes halogenated alkanes) is 18. The van der Waals surface area contributed by atoms with E-state index >= 15 is 0 Å². The molecule has 350 valence electrons. The molecule has 0 aromatic heterocycles. The molecule has 0 N–H and O–H groups in total. The summed E-state index contributed by atoms with van der Waals surface area (Å²) in [5.74, 6) is -0.581. The number of ether oxygens (including phenoxy) is 4. The molecule has 0 aliphatic rings. The van der Waals surface area contributed by atoms with E-state index in [2.05, 4.69) is 62.5 Å². The van der Waals surface area contributed by atoms with Crippen LogP contribution in [-0.4, -0.2) is 97.4 Å². The quantitative estimate of drug-likeness (QED) is 0.0253. The van der Waals surface area contributed by atoms with Crippen LogP contribution in [-0.2, 0) is 42.8 Å². The summed E-state index contributed by atoms with van der Waals surface area (Å²) in [4.78, 5) is 26.5. The van der Waals surface area contributed by atoms with Crippen molar-refractivity contribution in [1.82, 2.24) is 4.90 Å². The average molecular weight is 868 g/mol. The average Bonchev–Trinajstić information content (AvgIpc) is 3.21. The number of nitrogens with zero attached hydrogens (tertiary/aromatic N) is 1. The molecule has 0 radical (unpaired) electrons. The topological polar surface area (TPSA) is 118 Å². The molecule has 1 atom stereocenters. The van der Waals surface area contributed by atoms with E-state index < -0.39 is 16.2 Å². The van der Waals surface area contributed by atoms with Crippen LogP contribution in [0.15, 0.2) is 48.6 Å². The van der Waals surface area contributed by atoms with Gasteiger partial charge in [-0.2, -0.15) is 8.42 Å². The van der Waals surface area contributed by atoms with Gasteiger partial charge in [0.2, 0.25) is 0 Å². The summed E-state index contributed by atoms with van der Waals surface area (Å²) in [5.41, 5.74) is 0. The van der Waals surface area contributed by atoms with Gasteiger partial charge >= 0.3 is 11.9 Å². The molecule has 60 heavy (non-hydrogen) atoms. The van der Waals surface area contributed by atoms with Gasteiger partial charge in [0, 0.05) is 13.1 Å². The lowest BCUT2D eigenvalue weighted by molar-refractivity contribution is -0.147. The van der Waals surface area contributed by atoms with Crippen LogP contribution in [0, 0.1) is 0 Å². The van der Waals surface area contributed by atoms with Crippen molar-refractivity contribution >= 4 is 22.1 Å². The van der Waals surface area contributed by atoms with Crippen molar-refractivity contribution in [2.24, 2.45) is 0 Å². The lowest BCUT2D eigenvalue weighted by Crippen LogP contribution is -2.37. The lowest BCUT2D eigenvalue weighted by atomic mass is 10.1. The van der Waals surface area contributed by atoms with Crippen LogP contribution in [0.25, 0.3) is 0 Å². The summed E-state index contributed by atoms with van der Waals surface area (Å²) in [6.45, 7) is 6.68. The Hall–Kier alpha value is -2.31. The summed E-state index contributed by atoms with van der Waals surface area (Å²) in [6, 6.07) is 0. The highest BCUT2D eigenvalue weighted by Crippen LogP contribution is 2.11. The first-order chi connectivity index (χ1) is 29.2. The molecule has 0 bridgehead atoms. The van der Waals surface area contributed by atoms with Gasteiger partial charge in [0.15, 0.2) is 0 Å². The van der Waals surface area contributed by atoms with Crippen LogP contribution in [0.2, 0.25) is 0 Å². The van der Waals surface area contributed by atoms with E-state index in [4.69, 9.17) is 23.1 Å². The van der Waals surface area contributed by atoms with Crippen molar-refractivity contribution in [3.8, 4) is 0 Å². The Balaban J connectivity index is 4.13. The predicted octanol–water partition coefficient (Wildman–Crippen LogP) is 11.8. The molecule has 0 aromatic rings. The van der Waals surface area contributed by atoms with Gasteiger partial charge in [-0.05, 0) is 84.1 Å². The van der Waals surface area contributed by atoms with Gasteiger partial charge in [-0.25, -0.2) is 0 Å². The zero-order valence-corrected chi connectivity index (χ0v) is 39.6. The maximum absolute atomic E-state index is 12.4. The molecule has 0 heterocycles. The Morgan fingerprint density at radius 2 is 0.950 bits per heavy atom. The van der Waals surface area contributed by atoms with Crippen LogP contribution in [0.1, 0.15) is 181 Å². The molecule has 0 fully saturated rings. The minimum absolute atomic E-state index is 0.0188. The van der Waals surface area contributed by atoms with Crippen molar-refractivity contribution in [2.45, 2.75) is 187 Å². The highest BCUT2D eigenvalue weighted by atomic mass is 32.2. The number of carbonyl (C=O) groups excluding carboxylic acids is 2. The third-order valence-electron chi connectivity index (χ3n) is 9.92. The van der Waals surface area contributed by atoms with Crippen molar-refractivity contribution in [2.75, 3.05) is 66.0 Å². The first-order valence-corrected chi connectivity index (χ1v) is 25.6. The number of esters is 2. The summed E-state index contributed by atoms with van der Waals surface area (Å²) >= 11 is 0. The normalized spacial score (nSPS) is 12.9. The molecule has 0 aromatic carbocycles. The fraction of sp³-hybridized carbons (Fsp3) is 0.796. The molecule has 0 amide bonds. The van der Waals surface area contributed by atoms with E-state index in [1.165, 1.54) is 89.9 Å². The van der Waals surface area contributed by atoms with Crippen LogP contribution >= 0.6 is 0 Å². The fourth-order valence-electron chi connectivity index (χ4n) is 6.31.